The SMILES string of the molecule is CN(Cc1ccccn1)C(=O)c1cccc(/C(N)=N/O)c1. The van der Waals surface area contributed by atoms with Gasteiger partial charge in [-0.05, 0) is 24.3 Å². The molecule has 0 radical (unpaired) electrons. The second-order valence-electron chi connectivity index (χ2n) is 4.55. The van der Waals surface area contributed by atoms with Gasteiger partial charge in [0.15, 0.2) is 5.84 Å². The molecule has 0 bridgehead atoms. The highest BCUT2D eigenvalue weighted by Crippen LogP contribution is 2.09. The van der Waals surface area contributed by atoms with Crippen LogP contribution in [0.15, 0.2) is 53.8 Å². The summed E-state index contributed by atoms with van der Waals surface area (Å²) < 4.78 is 0. The molecule has 6 nitrogen and oxygen atoms in total. The minimum atomic E-state index is -0.159. The molecule has 21 heavy (non-hydrogen) atoms. The molecule has 0 unspecified atom stereocenters. The van der Waals surface area contributed by atoms with Crippen molar-refractivity contribution in [1.29, 1.82) is 0 Å². The molecule has 0 saturated heterocycles. The van der Waals surface area contributed by atoms with Crippen LogP contribution in [0.3, 0.4) is 0 Å². The van der Waals surface area contributed by atoms with Crippen molar-refractivity contribution in [3.05, 3.63) is 65.5 Å². The highest BCUT2D eigenvalue weighted by molar-refractivity contribution is 6.01. The summed E-state index contributed by atoms with van der Waals surface area (Å²) >= 11 is 0. The number of amidine groups is 1. The first kappa shape index (κ1) is 14.5. The summed E-state index contributed by atoms with van der Waals surface area (Å²) in [6.45, 7) is 0.410. The van der Waals surface area contributed by atoms with Gasteiger partial charge in [-0.15, -0.1) is 0 Å². The van der Waals surface area contributed by atoms with Gasteiger partial charge in [0, 0.05) is 24.4 Å². The van der Waals surface area contributed by atoms with Crippen molar-refractivity contribution in [1.82, 2.24) is 9.88 Å². The number of oxime groups is 1. The van der Waals surface area contributed by atoms with Gasteiger partial charge < -0.3 is 15.8 Å². The van der Waals surface area contributed by atoms with Crippen molar-refractivity contribution >= 4 is 11.7 Å². The van der Waals surface area contributed by atoms with E-state index in [1.165, 1.54) is 0 Å². The van der Waals surface area contributed by atoms with Crippen LogP contribution >= 0.6 is 0 Å². The van der Waals surface area contributed by atoms with E-state index in [0.29, 0.717) is 17.7 Å². The number of rotatable bonds is 4. The van der Waals surface area contributed by atoms with Crippen LogP contribution in [0.2, 0.25) is 0 Å². The van der Waals surface area contributed by atoms with Gasteiger partial charge in [0.2, 0.25) is 0 Å². The molecule has 2 rings (SSSR count). The maximum atomic E-state index is 12.4. The standard InChI is InChI=1S/C15H16N4O2/c1-19(10-13-7-2-3-8-17-13)15(20)12-6-4-5-11(9-12)14(16)18-21/h2-9,21H,10H2,1H3,(H2,16,18). The summed E-state index contributed by atoms with van der Waals surface area (Å²) in [5.74, 6) is -0.190. The fraction of sp³-hybridized carbons (Fsp3) is 0.133. The number of nitrogens with two attached hydrogens (primary N) is 1. The quantitative estimate of drug-likeness (QED) is 0.385. The largest absolute Gasteiger partial charge is 0.409 e. The molecule has 3 N–H and O–H groups in total. The molecule has 0 spiro atoms. The van der Waals surface area contributed by atoms with Gasteiger partial charge in [0.25, 0.3) is 5.91 Å². The molecule has 1 aromatic carbocycles. The van der Waals surface area contributed by atoms with E-state index in [1.807, 2.05) is 18.2 Å². The Kier molecular flexibility index (Phi) is 4.50. The number of amides is 1. The molecule has 0 atom stereocenters. The molecule has 0 saturated carbocycles. The number of benzene rings is 1. The Morgan fingerprint density at radius 2 is 2.05 bits per heavy atom. The van der Waals surface area contributed by atoms with Gasteiger partial charge in [0.05, 0.1) is 12.2 Å². The van der Waals surface area contributed by atoms with Gasteiger partial charge in [-0.3, -0.25) is 9.78 Å². The Morgan fingerprint density at radius 3 is 2.71 bits per heavy atom. The molecule has 1 aromatic heterocycles. The molecule has 0 aliphatic heterocycles. The third kappa shape index (κ3) is 3.56. The lowest BCUT2D eigenvalue weighted by Crippen LogP contribution is -2.27. The first-order valence-corrected chi connectivity index (χ1v) is 6.35. The molecule has 1 heterocycles. The molecule has 0 fully saturated rings. The highest BCUT2D eigenvalue weighted by atomic mass is 16.4. The number of carbonyl (C=O) groups is 1. The van der Waals surface area contributed by atoms with E-state index in [-0.39, 0.29) is 11.7 Å². The second-order valence-corrected chi connectivity index (χ2v) is 4.55. The van der Waals surface area contributed by atoms with Crippen LogP contribution < -0.4 is 5.73 Å². The summed E-state index contributed by atoms with van der Waals surface area (Å²) in [6, 6.07) is 12.2. The first-order chi connectivity index (χ1) is 10.1. The predicted octanol–water partition coefficient (Wildman–Crippen LogP) is 1.45. The predicted molar refractivity (Wildman–Crippen MR) is 79.0 cm³/mol. The molecule has 0 aliphatic rings. The average Bonchev–Trinajstić information content (AvgIpc) is 2.54. The molecular weight excluding hydrogens is 268 g/mol. The molecule has 6 heteroatoms. The van der Waals surface area contributed by atoms with E-state index >= 15 is 0 Å². The normalized spacial score (nSPS) is 11.2. The molecule has 2 aromatic rings. The lowest BCUT2D eigenvalue weighted by molar-refractivity contribution is 0.0783. The molecule has 108 valence electrons. The van der Waals surface area contributed by atoms with E-state index in [9.17, 15) is 4.79 Å². The lowest BCUT2D eigenvalue weighted by atomic mass is 10.1. The highest BCUT2D eigenvalue weighted by Gasteiger charge is 2.13. The number of hydrogen-bond donors (Lipinski definition) is 2. The van der Waals surface area contributed by atoms with Crippen molar-refractivity contribution in [2.24, 2.45) is 10.9 Å². The Balaban J connectivity index is 2.16. The number of aromatic nitrogens is 1. The number of hydrogen-bond acceptors (Lipinski definition) is 4. The summed E-state index contributed by atoms with van der Waals surface area (Å²) in [6.07, 6.45) is 1.69. The number of pyridine rings is 1. The summed E-state index contributed by atoms with van der Waals surface area (Å²) in [7, 11) is 1.70. The van der Waals surface area contributed by atoms with Crippen LogP contribution in [0, 0.1) is 0 Å². The topological polar surface area (TPSA) is 91.8 Å². The van der Waals surface area contributed by atoms with Gasteiger partial charge in [-0.2, -0.15) is 0 Å². The van der Waals surface area contributed by atoms with Crippen LogP contribution in [0.5, 0.6) is 0 Å². The lowest BCUT2D eigenvalue weighted by Gasteiger charge is -2.17. The van der Waals surface area contributed by atoms with Crippen LogP contribution in [-0.4, -0.2) is 33.9 Å². The zero-order valence-electron chi connectivity index (χ0n) is 11.6. The Morgan fingerprint density at radius 1 is 1.29 bits per heavy atom. The Hall–Kier alpha value is -2.89. The van der Waals surface area contributed by atoms with Gasteiger partial charge >= 0.3 is 0 Å². The summed E-state index contributed by atoms with van der Waals surface area (Å²) in [5.41, 5.74) is 7.30. The van der Waals surface area contributed by atoms with Crippen LogP contribution in [0.25, 0.3) is 0 Å². The van der Waals surface area contributed by atoms with Crippen LogP contribution in [-0.2, 0) is 6.54 Å². The van der Waals surface area contributed by atoms with Crippen molar-refractivity contribution in [2.45, 2.75) is 6.54 Å². The third-order valence-corrected chi connectivity index (χ3v) is 2.99. The summed E-state index contributed by atoms with van der Waals surface area (Å²) in [4.78, 5) is 18.1. The smallest absolute Gasteiger partial charge is 0.253 e. The van der Waals surface area contributed by atoms with Crippen molar-refractivity contribution < 1.29 is 10.0 Å². The monoisotopic (exact) mass is 284 g/mol. The van der Waals surface area contributed by atoms with Crippen molar-refractivity contribution in [3.63, 3.8) is 0 Å². The Bertz CT molecular complexity index is 656. The van der Waals surface area contributed by atoms with Crippen molar-refractivity contribution in [2.75, 3.05) is 7.05 Å². The minimum Gasteiger partial charge on any atom is -0.409 e. The fourth-order valence-electron chi connectivity index (χ4n) is 1.90. The van der Waals surface area contributed by atoms with Crippen LogP contribution in [0.4, 0.5) is 0 Å². The summed E-state index contributed by atoms with van der Waals surface area (Å²) in [5, 5.41) is 11.6. The minimum absolute atomic E-state index is 0.0305. The average molecular weight is 284 g/mol. The van der Waals surface area contributed by atoms with E-state index in [0.717, 1.165) is 5.69 Å². The number of nitrogens with zero attached hydrogens (tertiary/aromatic N) is 3. The zero-order valence-corrected chi connectivity index (χ0v) is 11.6. The van der Waals surface area contributed by atoms with Gasteiger partial charge in [0.1, 0.15) is 0 Å². The van der Waals surface area contributed by atoms with E-state index < -0.39 is 0 Å². The Labute approximate surface area is 122 Å². The second kappa shape index (κ2) is 6.51. The molecular formula is C15H16N4O2. The number of carbonyl (C=O) groups excluding carboxylic acids is 1. The van der Waals surface area contributed by atoms with Crippen molar-refractivity contribution in [3.8, 4) is 0 Å². The first-order valence-electron chi connectivity index (χ1n) is 6.35. The van der Waals surface area contributed by atoms with Gasteiger partial charge in [-0.1, -0.05) is 23.4 Å². The van der Waals surface area contributed by atoms with E-state index in [1.54, 1.807) is 42.4 Å². The fourth-order valence-corrected chi connectivity index (χ4v) is 1.90. The van der Waals surface area contributed by atoms with Crippen LogP contribution in [0.1, 0.15) is 21.6 Å². The third-order valence-electron chi connectivity index (χ3n) is 2.99. The van der Waals surface area contributed by atoms with E-state index in [4.69, 9.17) is 10.9 Å². The maximum Gasteiger partial charge on any atom is 0.253 e. The zero-order chi connectivity index (χ0) is 15.2. The molecule has 1 amide bonds. The maximum absolute atomic E-state index is 12.4. The van der Waals surface area contributed by atoms with Gasteiger partial charge in [-0.25, -0.2) is 0 Å². The van der Waals surface area contributed by atoms with E-state index in [2.05, 4.69) is 10.1 Å². The molecule has 0 aliphatic carbocycles.